The Morgan fingerprint density at radius 3 is 2.67 bits per heavy atom. The van der Waals surface area contributed by atoms with Gasteiger partial charge in [0.25, 0.3) is 0 Å². The molecule has 1 aliphatic rings. The number of allylic oxidation sites excluding steroid dienone is 2. The van der Waals surface area contributed by atoms with Crippen molar-refractivity contribution in [2.75, 3.05) is 13.2 Å². The van der Waals surface area contributed by atoms with Crippen LogP contribution in [0.5, 0.6) is 0 Å². The molecule has 1 aliphatic heterocycles. The van der Waals surface area contributed by atoms with Crippen LogP contribution in [0.4, 0.5) is 10.1 Å². The topological polar surface area (TPSA) is 65.8 Å². The standard InChI is InChI=1S/C20H20FN3O2S/c1-13-20(14(2)26)27-19(24(13)9-10-25)12-22-17-7-8-18(23-11-17)15-3-5-16(21)6-4-15/h3-8,11-12,19,25H,9-10H2,1-2H3. The van der Waals surface area contributed by atoms with Crippen LogP contribution in [-0.4, -0.2) is 45.5 Å². The van der Waals surface area contributed by atoms with Crippen LogP contribution >= 0.6 is 11.8 Å². The summed E-state index contributed by atoms with van der Waals surface area (Å²) in [6, 6.07) is 9.83. The van der Waals surface area contributed by atoms with Crippen LogP contribution in [0.25, 0.3) is 11.3 Å². The minimum Gasteiger partial charge on any atom is -0.395 e. The van der Waals surface area contributed by atoms with Crippen molar-refractivity contribution in [1.29, 1.82) is 0 Å². The molecule has 1 atom stereocenters. The molecule has 0 saturated heterocycles. The zero-order valence-corrected chi connectivity index (χ0v) is 15.9. The van der Waals surface area contributed by atoms with Crippen molar-refractivity contribution < 1.29 is 14.3 Å². The maximum atomic E-state index is 13.0. The molecule has 1 aromatic heterocycles. The number of benzene rings is 1. The zero-order valence-electron chi connectivity index (χ0n) is 15.1. The van der Waals surface area contributed by atoms with Crippen molar-refractivity contribution >= 4 is 29.4 Å². The number of nitrogens with zero attached hydrogens (tertiary/aromatic N) is 3. The van der Waals surface area contributed by atoms with Gasteiger partial charge in [0.05, 0.1) is 29.1 Å². The summed E-state index contributed by atoms with van der Waals surface area (Å²) in [5.74, 6) is -0.267. The first-order valence-corrected chi connectivity index (χ1v) is 9.39. The van der Waals surface area contributed by atoms with Crippen molar-refractivity contribution in [1.82, 2.24) is 9.88 Å². The molecule has 1 N–H and O–H groups in total. The Bertz CT molecular complexity index is 879. The summed E-state index contributed by atoms with van der Waals surface area (Å²) in [7, 11) is 0. The average molecular weight is 385 g/mol. The first-order chi connectivity index (χ1) is 13.0. The predicted octanol–water partition coefficient (Wildman–Crippen LogP) is 3.78. The number of aromatic nitrogens is 1. The Hall–Kier alpha value is -2.51. The van der Waals surface area contributed by atoms with Crippen LogP contribution in [-0.2, 0) is 4.79 Å². The maximum absolute atomic E-state index is 13.0. The van der Waals surface area contributed by atoms with E-state index in [1.807, 2.05) is 24.0 Å². The number of thioether (sulfide) groups is 1. The van der Waals surface area contributed by atoms with Gasteiger partial charge in [-0.1, -0.05) is 11.8 Å². The number of Topliss-reactive ketones (excluding diaryl/α,β-unsaturated/α-hetero) is 1. The van der Waals surface area contributed by atoms with Crippen LogP contribution < -0.4 is 0 Å². The molecule has 140 valence electrons. The fraction of sp³-hybridized carbons (Fsp3) is 0.250. The predicted molar refractivity (Wildman–Crippen MR) is 106 cm³/mol. The molecule has 3 rings (SSSR count). The molecule has 27 heavy (non-hydrogen) atoms. The normalized spacial score (nSPS) is 17.2. The van der Waals surface area contributed by atoms with Crippen molar-refractivity contribution in [3.63, 3.8) is 0 Å². The van der Waals surface area contributed by atoms with E-state index < -0.39 is 0 Å². The number of aliphatic hydroxyl groups is 1. The molecule has 1 unspecified atom stereocenters. The molecule has 0 radical (unpaired) electrons. The lowest BCUT2D eigenvalue weighted by Gasteiger charge is -2.23. The number of aliphatic hydroxyl groups excluding tert-OH is 1. The summed E-state index contributed by atoms with van der Waals surface area (Å²) >= 11 is 1.44. The van der Waals surface area contributed by atoms with Gasteiger partial charge >= 0.3 is 0 Å². The molecule has 7 heteroatoms. The molecule has 2 aromatic rings. The van der Waals surface area contributed by atoms with E-state index in [1.165, 1.54) is 23.9 Å². The monoisotopic (exact) mass is 385 g/mol. The van der Waals surface area contributed by atoms with Crippen LogP contribution in [0.3, 0.4) is 0 Å². The van der Waals surface area contributed by atoms with Gasteiger partial charge in [-0.2, -0.15) is 0 Å². The average Bonchev–Trinajstić information content (AvgIpc) is 2.98. The Morgan fingerprint density at radius 2 is 2.07 bits per heavy atom. The van der Waals surface area contributed by atoms with Crippen molar-refractivity contribution in [2.45, 2.75) is 19.2 Å². The second-order valence-electron chi connectivity index (χ2n) is 6.08. The number of hydrogen-bond donors (Lipinski definition) is 1. The lowest BCUT2D eigenvalue weighted by atomic mass is 10.1. The largest absolute Gasteiger partial charge is 0.395 e. The maximum Gasteiger partial charge on any atom is 0.167 e. The highest BCUT2D eigenvalue weighted by Crippen LogP contribution is 2.37. The van der Waals surface area contributed by atoms with Crippen molar-refractivity contribution in [2.24, 2.45) is 4.99 Å². The van der Waals surface area contributed by atoms with Crippen LogP contribution in [0, 0.1) is 5.82 Å². The number of β-amino-alcohol motifs (C(OH)–C–C–N with tert-alkyl or cyclic N) is 1. The number of aliphatic imine (C=N–C) groups is 1. The highest BCUT2D eigenvalue weighted by atomic mass is 32.2. The minimum absolute atomic E-state index is 0.00134. The lowest BCUT2D eigenvalue weighted by Crippen LogP contribution is -2.31. The number of carbonyl (C=O) groups is 1. The van der Waals surface area contributed by atoms with E-state index in [2.05, 4.69) is 9.98 Å². The summed E-state index contributed by atoms with van der Waals surface area (Å²) in [6.45, 7) is 3.86. The van der Waals surface area contributed by atoms with E-state index in [9.17, 15) is 14.3 Å². The third-order valence-corrected chi connectivity index (χ3v) is 5.64. The molecule has 0 bridgehead atoms. The summed E-state index contributed by atoms with van der Waals surface area (Å²) in [4.78, 5) is 23.3. The Kier molecular flexibility index (Phi) is 6.03. The highest BCUT2D eigenvalue weighted by molar-refractivity contribution is 8.05. The smallest absolute Gasteiger partial charge is 0.167 e. The first kappa shape index (κ1) is 19.3. The summed E-state index contributed by atoms with van der Waals surface area (Å²) in [5, 5.41) is 9.15. The number of hydrogen-bond acceptors (Lipinski definition) is 6. The number of carbonyl (C=O) groups excluding carboxylic acids is 1. The highest BCUT2D eigenvalue weighted by Gasteiger charge is 2.30. The summed E-state index contributed by atoms with van der Waals surface area (Å²) < 4.78 is 13.0. The van der Waals surface area contributed by atoms with Gasteiger partial charge in [-0.15, -0.1) is 0 Å². The molecule has 2 heterocycles. The van der Waals surface area contributed by atoms with Crippen molar-refractivity contribution in [3.8, 4) is 11.3 Å². The molecule has 0 aliphatic carbocycles. The van der Waals surface area contributed by atoms with E-state index in [-0.39, 0.29) is 23.6 Å². The van der Waals surface area contributed by atoms with Crippen molar-refractivity contribution in [3.05, 3.63) is 59.0 Å². The number of ketones is 1. The molecular weight excluding hydrogens is 365 g/mol. The fourth-order valence-electron chi connectivity index (χ4n) is 2.85. The van der Waals surface area contributed by atoms with Gasteiger partial charge in [0, 0.05) is 24.0 Å². The number of halogens is 1. The molecule has 0 spiro atoms. The summed E-state index contributed by atoms with van der Waals surface area (Å²) in [6.07, 6.45) is 3.41. The van der Waals surface area contributed by atoms with E-state index in [0.717, 1.165) is 17.0 Å². The van der Waals surface area contributed by atoms with Gasteiger partial charge in [-0.05, 0) is 50.2 Å². The molecule has 0 amide bonds. The first-order valence-electron chi connectivity index (χ1n) is 8.51. The molecule has 5 nitrogen and oxygen atoms in total. The molecule has 0 fully saturated rings. The quantitative estimate of drug-likeness (QED) is 0.767. The number of pyridine rings is 1. The van der Waals surface area contributed by atoms with E-state index >= 15 is 0 Å². The second-order valence-corrected chi connectivity index (χ2v) is 7.21. The van der Waals surface area contributed by atoms with Gasteiger partial charge in [-0.3, -0.25) is 14.8 Å². The van der Waals surface area contributed by atoms with E-state index in [4.69, 9.17) is 0 Å². The molecule has 1 aromatic carbocycles. The van der Waals surface area contributed by atoms with E-state index in [0.29, 0.717) is 17.1 Å². The molecular formula is C20H20FN3O2S. The fourth-order valence-corrected chi connectivity index (χ4v) is 4.05. The number of rotatable bonds is 6. The van der Waals surface area contributed by atoms with Gasteiger partial charge in [0.1, 0.15) is 11.2 Å². The Morgan fingerprint density at radius 1 is 1.33 bits per heavy atom. The Labute approximate surface area is 161 Å². The SMILES string of the molecule is CC(=O)C1=C(C)N(CCO)C(C=Nc2ccc(-c3ccc(F)cc3)nc2)S1. The van der Waals surface area contributed by atoms with Crippen LogP contribution in [0.15, 0.2) is 58.2 Å². The van der Waals surface area contributed by atoms with Crippen LogP contribution in [0.1, 0.15) is 13.8 Å². The van der Waals surface area contributed by atoms with Gasteiger partial charge in [0.2, 0.25) is 0 Å². The van der Waals surface area contributed by atoms with Gasteiger partial charge in [0.15, 0.2) is 5.78 Å². The minimum atomic E-state index is -0.282. The summed E-state index contributed by atoms with van der Waals surface area (Å²) in [5.41, 5.74) is 3.11. The van der Waals surface area contributed by atoms with Gasteiger partial charge < -0.3 is 10.0 Å². The lowest BCUT2D eigenvalue weighted by molar-refractivity contribution is -0.113. The van der Waals surface area contributed by atoms with E-state index in [1.54, 1.807) is 31.5 Å². The third-order valence-electron chi connectivity index (χ3n) is 4.20. The zero-order chi connectivity index (χ0) is 19.4. The Balaban J connectivity index is 1.74. The third kappa shape index (κ3) is 4.43. The van der Waals surface area contributed by atoms with Crippen LogP contribution in [0.2, 0.25) is 0 Å². The molecule has 0 saturated carbocycles. The van der Waals surface area contributed by atoms with Gasteiger partial charge in [-0.25, -0.2) is 4.39 Å². The second kappa shape index (κ2) is 8.45.